The molecular formula is C16H29NO2. The maximum absolute atomic E-state index is 11.5. The molecule has 5 atom stereocenters. The maximum atomic E-state index is 11.5. The molecule has 19 heavy (non-hydrogen) atoms. The first-order chi connectivity index (χ1) is 8.80. The largest absolute Gasteiger partial charge is 0.389 e. The van der Waals surface area contributed by atoms with E-state index in [-0.39, 0.29) is 16.9 Å². The van der Waals surface area contributed by atoms with E-state index in [1.165, 1.54) is 6.42 Å². The van der Waals surface area contributed by atoms with Crippen LogP contribution in [0.5, 0.6) is 0 Å². The monoisotopic (exact) mass is 267 g/mol. The highest BCUT2D eigenvalue weighted by molar-refractivity contribution is 5.14. The molecule has 0 amide bonds. The summed E-state index contributed by atoms with van der Waals surface area (Å²) in [5, 5.41) is 11.5. The number of aliphatic hydroxyl groups is 1. The molecule has 0 radical (unpaired) electrons. The lowest BCUT2D eigenvalue weighted by atomic mass is 9.53. The lowest BCUT2D eigenvalue weighted by molar-refractivity contribution is -0.163. The predicted octanol–water partition coefficient (Wildman–Crippen LogP) is 2.46. The standard InChI is InChI=1S/C16H29NO2/c1-11-6-14(2,3)9-16(18,7-11)15(10-17)8-12-4-5-13(15)19-12/h11-13,18H,4-10,17H2,1-3H3. The first-order valence-electron chi connectivity index (χ1n) is 7.88. The van der Waals surface area contributed by atoms with Crippen molar-refractivity contribution in [3.05, 3.63) is 0 Å². The first-order valence-corrected chi connectivity index (χ1v) is 7.88. The molecule has 3 nitrogen and oxygen atoms in total. The smallest absolute Gasteiger partial charge is 0.0749 e. The van der Waals surface area contributed by atoms with E-state index >= 15 is 0 Å². The van der Waals surface area contributed by atoms with Gasteiger partial charge in [-0.05, 0) is 49.9 Å². The van der Waals surface area contributed by atoms with Gasteiger partial charge in [0.2, 0.25) is 0 Å². The fourth-order valence-corrected chi connectivity index (χ4v) is 5.60. The molecule has 3 aliphatic rings. The summed E-state index contributed by atoms with van der Waals surface area (Å²) >= 11 is 0. The van der Waals surface area contributed by atoms with Gasteiger partial charge in [-0.1, -0.05) is 20.8 Å². The Morgan fingerprint density at radius 1 is 1.21 bits per heavy atom. The summed E-state index contributed by atoms with van der Waals surface area (Å²) < 4.78 is 6.06. The minimum Gasteiger partial charge on any atom is -0.389 e. The van der Waals surface area contributed by atoms with Crippen LogP contribution in [0.3, 0.4) is 0 Å². The van der Waals surface area contributed by atoms with Crippen LogP contribution in [0.15, 0.2) is 0 Å². The molecule has 2 aliphatic heterocycles. The lowest BCUT2D eigenvalue weighted by Crippen LogP contribution is -2.61. The van der Waals surface area contributed by atoms with E-state index in [2.05, 4.69) is 20.8 Å². The summed E-state index contributed by atoms with van der Waals surface area (Å²) in [5.41, 5.74) is 5.54. The highest BCUT2D eigenvalue weighted by Gasteiger charge is 2.63. The molecule has 2 bridgehead atoms. The molecule has 0 aromatic carbocycles. The number of ether oxygens (including phenoxy) is 1. The first kappa shape index (κ1) is 13.8. The summed E-state index contributed by atoms with van der Waals surface area (Å²) in [7, 11) is 0. The van der Waals surface area contributed by atoms with E-state index in [9.17, 15) is 5.11 Å². The molecule has 3 fully saturated rings. The number of fused-ring (bicyclic) bond motifs is 2. The zero-order valence-electron chi connectivity index (χ0n) is 12.6. The third-order valence-corrected chi connectivity index (χ3v) is 5.97. The van der Waals surface area contributed by atoms with Gasteiger partial charge in [-0.3, -0.25) is 0 Å². The van der Waals surface area contributed by atoms with Crippen LogP contribution in [0.2, 0.25) is 0 Å². The van der Waals surface area contributed by atoms with Crippen molar-refractivity contribution >= 4 is 0 Å². The lowest BCUT2D eigenvalue weighted by Gasteiger charge is -2.55. The Kier molecular flexibility index (Phi) is 3.05. The van der Waals surface area contributed by atoms with Crippen LogP contribution in [-0.4, -0.2) is 29.5 Å². The van der Waals surface area contributed by atoms with Crippen molar-refractivity contribution in [3.63, 3.8) is 0 Å². The van der Waals surface area contributed by atoms with Crippen LogP contribution in [0.25, 0.3) is 0 Å². The van der Waals surface area contributed by atoms with Crippen LogP contribution >= 0.6 is 0 Å². The van der Waals surface area contributed by atoms with Crippen LogP contribution in [-0.2, 0) is 4.74 Å². The molecule has 2 heterocycles. The zero-order chi connectivity index (χ0) is 13.9. The van der Waals surface area contributed by atoms with Crippen molar-refractivity contribution in [2.45, 2.75) is 77.1 Å². The highest BCUT2D eigenvalue weighted by Crippen LogP contribution is 2.59. The molecule has 1 saturated carbocycles. The predicted molar refractivity (Wildman–Crippen MR) is 75.7 cm³/mol. The van der Waals surface area contributed by atoms with Crippen molar-refractivity contribution in [2.75, 3.05) is 6.54 Å². The third kappa shape index (κ3) is 1.97. The quantitative estimate of drug-likeness (QED) is 0.808. The van der Waals surface area contributed by atoms with E-state index in [4.69, 9.17) is 10.5 Å². The molecule has 110 valence electrons. The van der Waals surface area contributed by atoms with Gasteiger partial charge in [0.25, 0.3) is 0 Å². The maximum Gasteiger partial charge on any atom is 0.0749 e. The van der Waals surface area contributed by atoms with Crippen LogP contribution in [0.1, 0.15) is 59.3 Å². The van der Waals surface area contributed by atoms with Gasteiger partial charge in [0, 0.05) is 12.0 Å². The van der Waals surface area contributed by atoms with Gasteiger partial charge in [-0.15, -0.1) is 0 Å². The summed E-state index contributed by atoms with van der Waals surface area (Å²) in [5.74, 6) is 0.566. The molecule has 0 aromatic heterocycles. The molecular weight excluding hydrogens is 238 g/mol. The minimum atomic E-state index is -0.636. The summed E-state index contributed by atoms with van der Waals surface area (Å²) in [6.45, 7) is 7.40. The average Bonchev–Trinajstić information content (AvgIpc) is 2.85. The van der Waals surface area contributed by atoms with Crippen molar-refractivity contribution in [1.29, 1.82) is 0 Å². The number of nitrogens with two attached hydrogens (primary N) is 1. The van der Waals surface area contributed by atoms with Gasteiger partial charge >= 0.3 is 0 Å². The van der Waals surface area contributed by atoms with Crippen LogP contribution in [0.4, 0.5) is 0 Å². The molecule has 3 rings (SSSR count). The fourth-order valence-electron chi connectivity index (χ4n) is 5.60. The van der Waals surface area contributed by atoms with E-state index in [1.54, 1.807) is 0 Å². The van der Waals surface area contributed by atoms with Crippen molar-refractivity contribution in [3.8, 4) is 0 Å². The van der Waals surface area contributed by atoms with Gasteiger partial charge in [-0.2, -0.15) is 0 Å². The Bertz CT molecular complexity index is 370. The average molecular weight is 267 g/mol. The summed E-state index contributed by atoms with van der Waals surface area (Å²) in [6, 6.07) is 0. The van der Waals surface area contributed by atoms with Gasteiger partial charge in [0.05, 0.1) is 17.8 Å². The second-order valence-corrected chi connectivity index (χ2v) is 8.27. The topological polar surface area (TPSA) is 55.5 Å². The summed E-state index contributed by atoms with van der Waals surface area (Å²) in [4.78, 5) is 0. The Morgan fingerprint density at radius 2 is 1.95 bits per heavy atom. The van der Waals surface area contributed by atoms with E-state index in [0.717, 1.165) is 32.1 Å². The number of hydrogen-bond donors (Lipinski definition) is 2. The second-order valence-electron chi connectivity index (χ2n) is 8.27. The molecule has 1 aliphatic carbocycles. The van der Waals surface area contributed by atoms with Gasteiger partial charge in [0.15, 0.2) is 0 Å². The van der Waals surface area contributed by atoms with Crippen LogP contribution in [0, 0.1) is 16.7 Å². The molecule has 2 saturated heterocycles. The Balaban J connectivity index is 1.94. The Labute approximate surface area is 116 Å². The van der Waals surface area contributed by atoms with Crippen molar-refractivity contribution in [2.24, 2.45) is 22.5 Å². The number of rotatable bonds is 2. The molecule has 5 unspecified atom stereocenters. The van der Waals surface area contributed by atoms with Crippen LogP contribution < -0.4 is 5.73 Å². The Hall–Kier alpha value is -0.120. The molecule has 3 N–H and O–H groups in total. The zero-order valence-corrected chi connectivity index (χ0v) is 12.6. The van der Waals surface area contributed by atoms with Gasteiger partial charge in [-0.25, -0.2) is 0 Å². The molecule has 3 heteroatoms. The minimum absolute atomic E-state index is 0.189. The highest BCUT2D eigenvalue weighted by atomic mass is 16.5. The second kappa shape index (κ2) is 4.19. The van der Waals surface area contributed by atoms with Crippen molar-refractivity contribution in [1.82, 2.24) is 0 Å². The van der Waals surface area contributed by atoms with Gasteiger partial charge in [0.1, 0.15) is 0 Å². The third-order valence-electron chi connectivity index (χ3n) is 5.97. The van der Waals surface area contributed by atoms with Gasteiger partial charge < -0.3 is 15.6 Å². The SMILES string of the molecule is CC1CC(C)(C)CC(O)(C2(CN)CC3CCC2O3)C1. The van der Waals surface area contributed by atoms with Crippen molar-refractivity contribution < 1.29 is 9.84 Å². The summed E-state index contributed by atoms with van der Waals surface area (Å²) in [6.07, 6.45) is 6.69. The van der Waals surface area contributed by atoms with E-state index in [1.807, 2.05) is 0 Å². The molecule has 0 aromatic rings. The van der Waals surface area contributed by atoms with E-state index in [0.29, 0.717) is 18.6 Å². The number of hydrogen-bond acceptors (Lipinski definition) is 3. The fraction of sp³-hybridized carbons (Fsp3) is 1.00. The molecule has 0 spiro atoms. The van der Waals surface area contributed by atoms with E-state index < -0.39 is 5.60 Å². The Morgan fingerprint density at radius 3 is 2.42 bits per heavy atom. The normalized spacial score (nSPS) is 52.6.